The molecule has 4 N–H and O–H groups in total. The van der Waals surface area contributed by atoms with E-state index in [1.807, 2.05) is 42.5 Å². The Kier molecular flexibility index (Phi) is 10.8. The van der Waals surface area contributed by atoms with Gasteiger partial charge in [-0.05, 0) is 80.2 Å². The summed E-state index contributed by atoms with van der Waals surface area (Å²) in [5.41, 5.74) is 13.9. The molecule has 54 heavy (non-hydrogen) atoms. The zero-order valence-electron chi connectivity index (χ0n) is 30.9. The standard InChI is InChI=1S/C45H46N2O3Si4/c1-51(2,39-33-29-37(46)30-34-39)48-52(3,40-19-9-4-10-20-40)49-54(44-25-15-7-16-26-44,45-27-17-8-18-28-45)50-53(41-21-11-5-12-22-41,42-23-13-6-14-24-42)43-35-31-38(47)32-36-43/h4-36H,46-47H2,1-3H3. The van der Waals surface area contributed by atoms with E-state index in [0.29, 0.717) is 5.69 Å². The fourth-order valence-corrected chi connectivity index (χ4v) is 27.2. The van der Waals surface area contributed by atoms with Crippen LogP contribution in [-0.4, -0.2) is 33.8 Å². The van der Waals surface area contributed by atoms with Gasteiger partial charge >= 0.3 is 17.1 Å². The molecule has 0 aliphatic heterocycles. The molecular formula is C45H46N2O3Si4. The monoisotopic (exact) mass is 774 g/mol. The van der Waals surface area contributed by atoms with E-state index in [-0.39, 0.29) is 0 Å². The predicted molar refractivity (Wildman–Crippen MR) is 235 cm³/mol. The molecule has 0 aliphatic rings. The molecule has 7 rings (SSSR count). The molecular weight excluding hydrogens is 729 g/mol. The lowest BCUT2D eigenvalue weighted by atomic mass is 10.3. The molecule has 0 amide bonds. The van der Waals surface area contributed by atoms with Gasteiger partial charge in [-0.3, -0.25) is 0 Å². The van der Waals surface area contributed by atoms with Crippen LogP contribution < -0.4 is 47.8 Å². The molecule has 0 fully saturated rings. The lowest BCUT2D eigenvalue weighted by Crippen LogP contribution is -2.81. The first-order valence-corrected chi connectivity index (χ1v) is 27.2. The molecule has 0 aromatic heterocycles. The summed E-state index contributed by atoms with van der Waals surface area (Å²) in [4.78, 5) is 0. The quantitative estimate of drug-likeness (QED) is 0.0956. The van der Waals surface area contributed by atoms with E-state index in [2.05, 4.69) is 177 Å². The average Bonchev–Trinajstić information content (AvgIpc) is 3.21. The van der Waals surface area contributed by atoms with Crippen molar-refractivity contribution in [3.63, 3.8) is 0 Å². The van der Waals surface area contributed by atoms with Gasteiger partial charge in [-0.15, -0.1) is 0 Å². The highest BCUT2D eigenvalue weighted by Crippen LogP contribution is 2.26. The van der Waals surface area contributed by atoms with Crippen LogP contribution in [0.4, 0.5) is 11.4 Å². The minimum atomic E-state index is -3.80. The second-order valence-corrected chi connectivity index (χ2v) is 28.1. The van der Waals surface area contributed by atoms with E-state index in [4.69, 9.17) is 23.8 Å². The van der Waals surface area contributed by atoms with Gasteiger partial charge in [0.05, 0.1) is 0 Å². The van der Waals surface area contributed by atoms with E-state index in [1.54, 1.807) is 0 Å². The van der Waals surface area contributed by atoms with Crippen LogP contribution in [-0.2, 0) is 12.3 Å². The summed E-state index contributed by atoms with van der Waals surface area (Å²) in [6.45, 7) is 6.68. The number of anilines is 2. The van der Waals surface area contributed by atoms with Crippen LogP contribution in [0.2, 0.25) is 19.6 Å². The Labute approximate surface area is 323 Å². The Bertz CT molecular complexity index is 2170. The van der Waals surface area contributed by atoms with Gasteiger partial charge in [0, 0.05) is 11.4 Å². The molecule has 0 radical (unpaired) electrons. The second kappa shape index (κ2) is 15.7. The van der Waals surface area contributed by atoms with Gasteiger partial charge in [0.1, 0.15) is 0 Å². The predicted octanol–water partition coefficient (Wildman–Crippen LogP) is 5.22. The fraction of sp³-hybridized carbons (Fsp3) is 0.0667. The largest absolute Gasteiger partial charge is 0.429 e. The molecule has 0 heterocycles. The van der Waals surface area contributed by atoms with E-state index in [1.165, 1.54) is 0 Å². The summed E-state index contributed by atoms with van der Waals surface area (Å²) in [5.74, 6) is 0. The van der Waals surface area contributed by atoms with Gasteiger partial charge < -0.3 is 23.8 Å². The van der Waals surface area contributed by atoms with Gasteiger partial charge in [0.25, 0.3) is 8.32 Å². The summed E-state index contributed by atoms with van der Waals surface area (Å²) < 4.78 is 24.2. The van der Waals surface area contributed by atoms with Crippen molar-refractivity contribution in [3.8, 4) is 0 Å². The van der Waals surface area contributed by atoms with Gasteiger partial charge in [0.15, 0.2) is 0 Å². The van der Waals surface area contributed by atoms with Gasteiger partial charge in [0.2, 0.25) is 8.32 Å². The van der Waals surface area contributed by atoms with Crippen LogP contribution in [0.15, 0.2) is 200 Å². The number of nitrogen functional groups attached to an aromatic ring is 2. The lowest BCUT2D eigenvalue weighted by Gasteiger charge is -2.47. The Hall–Kier alpha value is -5.11. The zero-order valence-corrected chi connectivity index (χ0v) is 34.9. The molecule has 0 saturated heterocycles. The topological polar surface area (TPSA) is 79.7 Å². The Morgan fingerprint density at radius 3 is 1.02 bits per heavy atom. The number of hydrogen-bond donors (Lipinski definition) is 2. The number of nitrogens with two attached hydrogens (primary N) is 2. The average molecular weight is 775 g/mol. The molecule has 1 unspecified atom stereocenters. The molecule has 7 aromatic rings. The normalized spacial score (nSPS) is 13.2. The van der Waals surface area contributed by atoms with Crippen molar-refractivity contribution >= 4 is 81.4 Å². The maximum atomic E-state index is 8.42. The van der Waals surface area contributed by atoms with Crippen LogP contribution in [0.1, 0.15) is 0 Å². The minimum absolute atomic E-state index is 0.695. The van der Waals surface area contributed by atoms with Crippen LogP contribution in [0.25, 0.3) is 0 Å². The van der Waals surface area contributed by atoms with Crippen molar-refractivity contribution < 1.29 is 12.3 Å². The third kappa shape index (κ3) is 7.48. The highest BCUT2D eigenvalue weighted by Gasteiger charge is 2.58. The smallest absolute Gasteiger partial charge is 0.388 e. The summed E-state index contributed by atoms with van der Waals surface area (Å²) >= 11 is 0. The van der Waals surface area contributed by atoms with Crippen LogP contribution in [0, 0.1) is 0 Å². The van der Waals surface area contributed by atoms with E-state index >= 15 is 0 Å². The van der Waals surface area contributed by atoms with Crippen LogP contribution in [0.3, 0.4) is 0 Å². The SMILES string of the molecule is C[Si](C)(O[Si](C)(O[Si](O[Si](c1ccccc1)(c1ccccc1)c1ccc(N)cc1)(c1ccccc1)c1ccccc1)c1ccccc1)c1ccc(N)cc1. The Balaban J connectivity index is 1.55. The first-order valence-electron chi connectivity index (χ1n) is 18.2. The highest BCUT2D eigenvalue weighted by atomic mass is 28.5. The van der Waals surface area contributed by atoms with E-state index < -0.39 is 33.8 Å². The van der Waals surface area contributed by atoms with Crippen molar-refractivity contribution in [2.45, 2.75) is 19.6 Å². The van der Waals surface area contributed by atoms with Gasteiger partial charge in [-0.25, -0.2) is 0 Å². The molecule has 270 valence electrons. The minimum Gasteiger partial charge on any atom is -0.429 e. The van der Waals surface area contributed by atoms with Crippen molar-refractivity contribution in [3.05, 3.63) is 200 Å². The molecule has 7 aromatic carbocycles. The fourth-order valence-electron chi connectivity index (χ4n) is 7.28. The summed E-state index contributed by atoms with van der Waals surface area (Å²) in [5, 5.41) is 7.46. The van der Waals surface area contributed by atoms with Crippen LogP contribution in [0.5, 0.6) is 0 Å². The van der Waals surface area contributed by atoms with Crippen LogP contribution >= 0.6 is 0 Å². The summed E-state index contributed by atoms with van der Waals surface area (Å²) in [6, 6.07) is 69.2. The van der Waals surface area contributed by atoms with Crippen molar-refractivity contribution in [1.82, 2.24) is 0 Å². The first kappa shape index (κ1) is 37.2. The molecule has 1 atom stereocenters. The molecule has 0 saturated carbocycles. The van der Waals surface area contributed by atoms with Crippen molar-refractivity contribution in [1.29, 1.82) is 0 Å². The van der Waals surface area contributed by atoms with Crippen molar-refractivity contribution in [2.24, 2.45) is 0 Å². The van der Waals surface area contributed by atoms with Crippen molar-refractivity contribution in [2.75, 3.05) is 11.5 Å². The molecule has 0 aliphatic carbocycles. The number of rotatable bonds is 13. The first-order chi connectivity index (χ1) is 26.1. The van der Waals surface area contributed by atoms with E-state index in [9.17, 15) is 0 Å². The maximum absolute atomic E-state index is 8.42. The number of hydrogen-bond acceptors (Lipinski definition) is 5. The summed E-state index contributed by atoms with van der Waals surface area (Å²) in [7, 11) is -13.3. The van der Waals surface area contributed by atoms with Gasteiger partial charge in [-0.2, -0.15) is 0 Å². The zero-order chi connectivity index (χ0) is 37.7. The maximum Gasteiger partial charge on any atom is 0.388 e. The number of benzene rings is 7. The molecule has 9 heteroatoms. The molecule has 0 spiro atoms. The third-order valence-corrected chi connectivity index (χ3v) is 27.4. The van der Waals surface area contributed by atoms with E-state index in [0.717, 1.165) is 42.0 Å². The summed E-state index contributed by atoms with van der Waals surface area (Å²) in [6.07, 6.45) is 0. The Morgan fingerprint density at radius 1 is 0.315 bits per heavy atom. The van der Waals surface area contributed by atoms with Gasteiger partial charge in [-0.1, -0.05) is 176 Å². The lowest BCUT2D eigenvalue weighted by molar-refractivity contribution is 0.354. The Morgan fingerprint density at radius 2 is 0.630 bits per heavy atom. The highest BCUT2D eigenvalue weighted by molar-refractivity contribution is 7.14. The third-order valence-electron chi connectivity index (χ3n) is 9.97. The second-order valence-electron chi connectivity index (χ2n) is 14.1. The molecule has 0 bridgehead atoms. The molecule has 5 nitrogen and oxygen atoms in total.